The number of aryl methyl sites for hydroxylation is 1. The van der Waals surface area contributed by atoms with Crippen LogP contribution in [0.1, 0.15) is 25.8 Å². The minimum atomic E-state index is -3.63. The lowest BCUT2D eigenvalue weighted by molar-refractivity contribution is -0.123. The Labute approximate surface area is 166 Å². The summed E-state index contributed by atoms with van der Waals surface area (Å²) in [6.07, 6.45) is 2.57. The summed E-state index contributed by atoms with van der Waals surface area (Å²) in [5.74, 6) is -0.0146. The molecule has 1 saturated heterocycles. The third-order valence-corrected chi connectivity index (χ3v) is 7.08. The Bertz CT molecular complexity index is 953. The average Bonchev–Trinajstić information content (AvgIpc) is 2.67. The van der Waals surface area contributed by atoms with Crippen LogP contribution in [0.25, 0.3) is 10.9 Å². The van der Waals surface area contributed by atoms with E-state index in [1.807, 2.05) is 37.8 Å². The Morgan fingerprint density at radius 2 is 1.96 bits per heavy atom. The summed E-state index contributed by atoms with van der Waals surface area (Å²) in [6, 6.07) is 7.34. The van der Waals surface area contributed by atoms with Gasteiger partial charge in [0.1, 0.15) is 4.90 Å². The van der Waals surface area contributed by atoms with E-state index in [-0.39, 0.29) is 16.8 Å². The fraction of sp³-hybridized carbons (Fsp3) is 0.500. The molecule has 2 aromatic rings. The van der Waals surface area contributed by atoms with Gasteiger partial charge in [0.15, 0.2) is 0 Å². The highest BCUT2D eigenvalue weighted by Gasteiger charge is 2.30. The van der Waals surface area contributed by atoms with Crippen LogP contribution in [0.2, 0.25) is 0 Å². The number of para-hydroxylation sites is 1. The number of rotatable bonds is 6. The van der Waals surface area contributed by atoms with E-state index in [1.165, 1.54) is 4.31 Å². The second-order valence-electron chi connectivity index (χ2n) is 7.40. The Morgan fingerprint density at radius 3 is 2.64 bits per heavy atom. The van der Waals surface area contributed by atoms with Crippen molar-refractivity contribution in [3.05, 3.63) is 36.0 Å². The maximum absolute atomic E-state index is 13.2. The zero-order valence-electron chi connectivity index (χ0n) is 16.7. The number of carbonyl (C=O) groups excluding carboxylic acids is 1. The summed E-state index contributed by atoms with van der Waals surface area (Å²) in [7, 11) is -3.63. The van der Waals surface area contributed by atoms with Crippen molar-refractivity contribution >= 4 is 26.8 Å². The molecular formula is C20H28N4O3S. The van der Waals surface area contributed by atoms with E-state index in [0.717, 1.165) is 17.4 Å². The standard InChI is InChI=1S/C20H28N4O3S/c1-4-16(3)22-19(25)14-23-8-10-24(11-9-23)28(26,27)18-7-5-6-17-12-15(2)13-21-20(17)18/h5-7,12-13,16H,4,8-11,14H2,1-3H3,(H,22,25)/t16-/m0/s1. The van der Waals surface area contributed by atoms with E-state index in [0.29, 0.717) is 38.2 Å². The summed E-state index contributed by atoms with van der Waals surface area (Å²) >= 11 is 0. The van der Waals surface area contributed by atoms with Crippen LogP contribution >= 0.6 is 0 Å². The van der Waals surface area contributed by atoms with Gasteiger partial charge in [0.25, 0.3) is 0 Å². The molecule has 1 aromatic carbocycles. The molecule has 1 N–H and O–H groups in total. The van der Waals surface area contributed by atoms with Gasteiger partial charge >= 0.3 is 0 Å². The van der Waals surface area contributed by atoms with Crippen LogP contribution in [0.5, 0.6) is 0 Å². The first kappa shape index (κ1) is 20.7. The Hall–Kier alpha value is -2.03. The van der Waals surface area contributed by atoms with Gasteiger partial charge in [-0.3, -0.25) is 14.7 Å². The van der Waals surface area contributed by atoms with Gasteiger partial charge in [0.2, 0.25) is 15.9 Å². The lowest BCUT2D eigenvalue weighted by Gasteiger charge is -2.33. The molecule has 1 aliphatic heterocycles. The number of fused-ring (bicyclic) bond motifs is 1. The molecule has 1 fully saturated rings. The fourth-order valence-electron chi connectivity index (χ4n) is 3.34. The number of nitrogens with zero attached hydrogens (tertiary/aromatic N) is 3. The summed E-state index contributed by atoms with van der Waals surface area (Å²) in [5, 5.41) is 3.77. The number of aromatic nitrogens is 1. The second-order valence-corrected chi connectivity index (χ2v) is 9.30. The van der Waals surface area contributed by atoms with E-state index in [9.17, 15) is 13.2 Å². The monoisotopic (exact) mass is 404 g/mol. The Morgan fingerprint density at radius 1 is 1.25 bits per heavy atom. The number of nitrogens with one attached hydrogen (secondary N) is 1. The van der Waals surface area contributed by atoms with Gasteiger partial charge in [-0.15, -0.1) is 0 Å². The lowest BCUT2D eigenvalue weighted by Crippen LogP contribution is -2.51. The van der Waals surface area contributed by atoms with Crippen molar-refractivity contribution in [2.45, 2.75) is 38.1 Å². The molecule has 2 heterocycles. The van der Waals surface area contributed by atoms with Gasteiger partial charge < -0.3 is 5.32 Å². The molecule has 0 bridgehead atoms. The lowest BCUT2D eigenvalue weighted by atomic mass is 10.2. The fourth-order valence-corrected chi connectivity index (χ4v) is 4.93. The topological polar surface area (TPSA) is 82.6 Å². The molecule has 28 heavy (non-hydrogen) atoms. The number of hydrogen-bond acceptors (Lipinski definition) is 5. The highest BCUT2D eigenvalue weighted by atomic mass is 32.2. The van der Waals surface area contributed by atoms with Crippen molar-refractivity contribution in [3.8, 4) is 0 Å². The molecule has 1 aliphatic rings. The average molecular weight is 405 g/mol. The number of amides is 1. The predicted octanol–water partition coefficient (Wildman–Crippen LogP) is 1.76. The maximum Gasteiger partial charge on any atom is 0.245 e. The number of piperazine rings is 1. The quantitative estimate of drug-likeness (QED) is 0.793. The van der Waals surface area contributed by atoms with Crippen LogP contribution in [0, 0.1) is 6.92 Å². The first-order chi connectivity index (χ1) is 13.3. The van der Waals surface area contributed by atoms with Gasteiger partial charge in [-0.1, -0.05) is 19.1 Å². The van der Waals surface area contributed by atoms with Gasteiger partial charge in [0, 0.05) is 43.8 Å². The van der Waals surface area contributed by atoms with Crippen molar-refractivity contribution < 1.29 is 13.2 Å². The molecule has 152 valence electrons. The second kappa shape index (κ2) is 8.55. The first-order valence-corrected chi connectivity index (χ1v) is 11.1. The van der Waals surface area contributed by atoms with Crippen molar-refractivity contribution in [2.24, 2.45) is 0 Å². The van der Waals surface area contributed by atoms with Crippen LogP contribution < -0.4 is 5.32 Å². The van der Waals surface area contributed by atoms with Crippen LogP contribution in [-0.4, -0.2) is 67.3 Å². The van der Waals surface area contributed by atoms with E-state index in [2.05, 4.69) is 10.3 Å². The molecule has 0 radical (unpaired) electrons. The van der Waals surface area contributed by atoms with Crippen LogP contribution in [0.15, 0.2) is 35.4 Å². The van der Waals surface area contributed by atoms with Gasteiger partial charge in [0.05, 0.1) is 12.1 Å². The number of benzene rings is 1. The summed E-state index contributed by atoms with van der Waals surface area (Å²) < 4.78 is 27.9. The molecule has 8 heteroatoms. The molecule has 0 spiro atoms. The largest absolute Gasteiger partial charge is 0.353 e. The van der Waals surface area contributed by atoms with Gasteiger partial charge in [-0.05, 0) is 38.0 Å². The Kier molecular flexibility index (Phi) is 6.32. The molecular weight excluding hydrogens is 376 g/mol. The molecule has 0 unspecified atom stereocenters. The SMILES string of the molecule is CC[C@H](C)NC(=O)CN1CCN(S(=O)(=O)c2cccc3cc(C)cnc23)CC1. The molecule has 1 aromatic heterocycles. The van der Waals surface area contributed by atoms with Crippen LogP contribution in [-0.2, 0) is 14.8 Å². The van der Waals surface area contributed by atoms with Crippen molar-refractivity contribution in [1.82, 2.24) is 19.5 Å². The number of sulfonamides is 1. The maximum atomic E-state index is 13.2. The van der Waals surface area contributed by atoms with E-state index < -0.39 is 10.0 Å². The van der Waals surface area contributed by atoms with Crippen LogP contribution in [0.3, 0.4) is 0 Å². The number of carbonyl (C=O) groups is 1. The zero-order chi connectivity index (χ0) is 20.3. The van der Waals surface area contributed by atoms with Crippen LogP contribution in [0.4, 0.5) is 0 Å². The summed E-state index contributed by atoms with van der Waals surface area (Å²) in [4.78, 5) is 18.7. The Balaban J connectivity index is 1.70. The molecule has 0 aliphatic carbocycles. The third-order valence-electron chi connectivity index (χ3n) is 5.15. The van der Waals surface area contributed by atoms with E-state index in [1.54, 1.807) is 18.3 Å². The highest BCUT2D eigenvalue weighted by molar-refractivity contribution is 7.89. The minimum absolute atomic E-state index is 0.0146. The molecule has 1 atom stereocenters. The van der Waals surface area contributed by atoms with Crippen molar-refractivity contribution in [3.63, 3.8) is 0 Å². The molecule has 1 amide bonds. The molecule has 0 saturated carbocycles. The smallest absolute Gasteiger partial charge is 0.245 e. The number of pyridine rings is 1. The normalized spacial score (nSPS) is 17.5. The zero-order valence-corrected chi connectivity index (χ0v) is 17.5. The van der Waals surface area contributed by atoms with E-state index >= 15 is 0 Å². The van der Waals surface area contributed by atoms with Gasteiger partial charge in [-0.25, -0.2) is 8.42 Å². The third kappa shape index (κ3) is 4.51. The molecule has 7 nitrogen and oxygen atoms in total. The summed E-state index contributed by atoms with van der Waals surface area (Å²) in [5.41, 5.74) is 1.50. The molecule has 3 rings (SSSR count). The van der Waals surface area contributed by atoms with E-state index in [4.69, 9.17) is 0 Å². The predicted molar refractivity (Wildman–Crippen MR) is 110 cm³/mol. The number of hydrogen-bond donors (Lipinski definition) is 1. The first-order valence-electron chi connectivity index (χ1n) is 9.68. The summed E-state index contributed by atoms with van der Waals surface area (Å²) in [6.45, 7) is 8.02. The van der Waals surface area contributed by atoms with Crippen molar-refractivity contribution in [2.75, 3.05) is 32.7 Å². The highest BCUT2D eigenvalue weighted by Crippen LogP contribution is 2.25. The van der Waals surface area contributed by atoms with Gasteiger partial charge in [-0.2, -0.15) is 4.31 Å². The minimum Gasteiger partial charge on any atom is -0.353 e. The van der Waals surface area contributed by atoms with Crippen molar-refractivity contribution in [1.29, 1.82) is 0 Å².